The predicted molar refractivity (Wildman–Crippen MR) is 72.1 cm³/mol. The zero-order chi connectivity index (χ0) is 13.4. The highest BCUT2D eigenvalue weighted by atomic mass is 16.3. The highest BCUT2D eigenvalue weighted by molar-refractivity contribution is 5.36. The number of terminal acetylenes is 2. The Kier molecular flexibility index (Phi) is 4.91. The van der Waals surface area contributed by atoms with Gasteiger partial charge in [-0.15, -0.1) is 12.8 Å². The third-order valence-electron chi connectivity index (χ3n) is 2.07. The smallest absolute Gasteiger partial charge is 0.115 e. The normalized spacial score (nSPS) is 8.33. The van der Waals surface area contributed by atoms with E-state index in [2.05, 4.69) is 11.8 Å². The van der Waals surface area contributed by atoms with Crippen LogP contribution in [-0.2, 0) is 0 Å². The Bertz CT molecular complexity index is 511. The molecule has 0 saturated carbocycles. The Morgan fingerprint density at radius 2 is 0.889 bits per heavy atom. The maximum absolute atomic E-state index is 8.78. The van der Waals surface area contributed by atoms with E-state index in [9.17, 15) is 0 Å². The van der Waals surface area contributed by atoms with Crippen LogP contribution < -0.4 is 0 Å². The first-order valence-electron chi connectivity index (χ1n) is 5.17. The highest BCUT2D eigenvalue weighted by Gasteiger charge is 1.85. The van der Waals surface area contributed by atoms with Gasteiger partial charge in [0.2, 0.25) is 0 Å². The Balaban J connectivity index is 0.000000180. The van der Waals surface area contributed by atoms with Crippen LogP contribution >= 0.6 is 0 Å². The fourth-order valence-corrected chi connectivity index (χ4v) is 1.12. The highest BCUT2D eigenvalue weighted by Crippen LogP contribution is 2.08. The fraction of sp³-hybridized carbons (Fsp3) is 0. The van der Waals surface area contributed by atoms with E-state index in [0.29, 0.717) is 0 Å². The molecule has 18 heavy (non-hydrogen) atoms. The van der Waals surface area contributed by atoms with Crippen molar-refractivity contribution in [3.05, 3.63) is 59.7 Å². The van der Waals surface area contributed by atoms with Crippen LogP contribution in [0.2, 0.25) is 0 Å². The molecule has 2 nitrogen and oxygen atoms in total. The van der Waals surface area contributed by atoms with Crippen LogP contribution in [0.5, 0.6) is 11.5 Å². The molecule has 2 rings (SSSR count). The lowest BCUT2D eigenvalue weighted by Gasteiger charge is -1.88. The average Bonchev–Trinajstić information content (AvgIpc) is 2.41. The summed E-state index contributed by atoms with van der Waals surface area (Å²) >= 11 is 0. The molecule has 0 saturated heterocycles. The van der Waals surface area contributed by atoms with Crippen LogP contribution in [0.15, 0.2) is 48.5 Å². The molecule has 0 fully saturated rings. The van der Waals surface area contributed by atoms with Crippen molar-refractivity contribution in [1.29, 1.82) is 0 Å². The van der Waals surface area contributed by atoms with Crippen LogP contribution in [0.4, 0.5) is 0 Å². The molecule has 0 atom stereocenters. The summed E-state index contributed by atoms with van der Waals surface area (Å²) in [7, 11) is 0. The molecule has 0 heterocycles. The zero-order valence-electron chi connectivity index (χ0n) is 9.67. The second kappa shape index (κ2) is 6.68. The van der Waals surface area contributed by atoms with Crippen LogP contribution in [-0.4, -0.2) is 10.2 Å². The van der Waals surface area contributed by atoms with E-state index in [0.717, 1.165) is 11.1 Å². The second-order valence-corrected chi connectivity index (χ2v) is 3.38. The topological polar surface area (TPSA) is 40.5 Å². The first-order chi connectivity index (χ1) is 8.65. The van der Waals surface area contributed by atoms with Gasteiger partial charge in [0.15, 0.2) is 0 Å². The number of aromatic hydroxyl groups is 2. The Morgan fingerprint density at radius 1 is 0.611 bits per heavy atom. The van der Waals surface area contributed by atoms with Crippen molar-refractivity contribution in [2.45, 2.75) is 0 Å². The van der Waals surface area contributed by atoms with Gasteiger partial charge < -0.3 is 10.2 Å². The lowest BCUT2D eigenvalue weighted by molar-refractivity contribution is 0.474. The van der Waals surface area contributed by atoms with Crippen LogP contribution in [0, 0.1) is 24.7 Å². The minimum atomic E-state index is 0.244. The predicted octanol–water partition coefficient (Wildman–Crippen LogP) is 2.75. The lowest BCUT2D eigenvalue weighted by Crippen LogP contribution is -1.69. The van der Waals surface area contributed by atoms with Gasteiger partial charge in [0.05, 0.1) is 0 Å². The van der Waals surface area contributed by atoms with E-state index >= 15 is 0 Å². The van der Waals surface area contributed by atoms with Crippen molar-refractivity contribution in [1.82, 2.24) is 0 Å². The van der Waals surface area contributed by atoms with Gasteiger partial charge in [0.1, 0.15) is 11.5 Å². The van der Waals surface area contributed by atoms with E-state index in [1.165, 1.54) is 0 Å². The zero-order valence-corrected chi connectivity index (χ0v) is 9.67. The average molecular weight is 236 g/mol. The standard InChI is InChI=1S/2C8H6O/c2*1-2-7-3-5-8(9)6-4-7/h2*1,3-6,9H. The summed E-state index contributed by atoms with van der Waals surface area (Å²) < 4.78 is 0. The maximum Gasteiger partial charge on any atom is 0.115 e. The molecule has 0 bridgehead atoms. The van der Waals surface area contributed by atoms with Crippen LogP contribution in [0.1, 0.15) is 11.1 Å². The minimum absolute atomic E-state index is 0.244. The molecule has 2 N–H and O–H groups in total. The second-order valence-electron chi connectivity index (χ2n) is 3.38. The molecule has 0 amide bonds. The Hall–Kier alpha value is -2.84. The summed E-state index contributed by atoms with van der Waals surface area (Å²) in [5.41, 5.74) is 1.57. The summed E-state index contributed by atoms with van der Waals surface area (Å²) in [5.74, 6) is 5.38. The van der Waals surface area contributed by atoms with E-state index < -0.39 is 0 Å². The number of phenolic OH excluding ortho intramolecular Hbond substituents is 2. The molecular formula is C16H12O2. The molecule has 2 heteroatoms. The molecule has 0 spiro atoms. The molecule has 0 aliphatic carbocycles. The van der Waals surface area contributed by atoms with E-state index in [1.807, 2.05) is 0 Å². The van der Waals surface area contributed by atoms with Gasteiger partial charge >= 0.3 is 0 Å². The van der Waals surface area contributed by atoms with E-state index in [4.69, 9.17) is 23.1 Å². The van der Waals surface area contributed by atoms with E-state index in [-0.39, 0.29) is 11.5 Å². The fourth-order valence-electron chi connectivity index (χ4n) is 1.12. The molecule has 0 unspecified atom stereocenters. The number of hydrogen-bond acceptors (Lipinski definition) is 2. The third kappa shape index (κ3) is 4.35. The number of hydrogen-bond donors (Lipinski definition) is 2. The molecular weight excluding hydrogens is 224 g/mol. The SMILES string of the molecule is C#Cc1ccc(O)cc1.C#Cc1ccc(O)cc1. The van der Waals surface area contributed by atoms with Crippen molar-refractivity contribution in [3.8, 4) is 36.2 Å². The van der Waals surface area contributed by atoms with Crippen molar-refractivity contribution in [3.63, 3.8) is 0 Å². The van der Waals surface area contributed by atoms with Crippen molar-refractivity contribution in [2.24, 2.45) is 0 Å². The monoisotopic (exact) mass is 236 g/mol. The molecule has 2 aromatic rings. The summed E-state index contributed by atoms with van der Waals surface area (Å²) in [5, 5.41) is 17.6. The molecule has 2 aromatic carbocycles. The first kappa shape index (κ1) is 13.2. The largest absolute Gasteiger partial charge is 0.508 e. The molecule has 88 valence electrons. The third-order valence-corrected chi connectivity index (χ3v) is 2.07. The summed E-state index contributed by atoms with van der Waals surface area (Å²) in [6.45, 7) is 0. The summed E-state index contributed by atoms with van der Waals surface area (Å²) in [4.78, 5) is 0. The molecule has 0 aliphatic heterocycles. The number of benzene rings is 2. The van der Waals surface area contributed by atoms with Crippen LogP contribution in [0.25, 0.3) is 0 Å². The minimum Gasteiger partial charge on any atom is -0.508 e. The Morgan fingerprint density at radius 3 is 1.11 bits per heavy atom. The summed E-state index contributed by atoms with van der Waals surface area (Å²) in [6, 6.07) is 13.0. The summed E-state index contributed by atoms with van der Waals surface area (Å²) in [6.07, 6.45) is 10.1. The van der Waals surface area contributed by atoms with Crippen molar-refractivity contribution in [2.75, 3.05) is 0 Å². The van der Waals surface area contributed by atoms with Crippen molar-refractivity contribution >= 4 is 0 Å². The van der Waals surface area contributed by atoms with Crippen LogP contribution in [0.3, 0.4) is 0 Å². The van der Waals surface area contributed by atoms with E-state index in [1.54, 1.807) is 48.5 Å². The first-order valence-corrected chi connectivity index (χ1v) is 5.17. The van der Waals surface area contributed by atoms with Gasteiger partial charge in [-0.05, 0) is 48.5 Å². The van der Waals surface area contributed by atoms with Gasteiger partial charge in [-0.2, -0.15) is 0 Å². The van der Waals surface area contributed by atoms with Gasteiger partial charge in [-0.1, -0.05) is 11.8 Å². The van der Waals surface area contributed by atoms with Crippen molar-refractivity contribution < 1.29 is 10.2 Å². The Labute approximate surface area is 107 Å². The van der Waals surface area contributed by atoms with Gasteiger partial charge in [-0.3, -0.25) is 0 Å². The molecule has 0 radical (unpaired) electrons. The maximum atomic E-state index is 8.78. The van der Waals surface area contributed by atoms with Gasteiger partial charge in [0.25, 0.3) is 0 Å². The lowest BCUT2D eigenvalue weighted by atomic mass is 10.2. The number of rotatable bonds is 0. The van der Waals surface area contributed by atoms with Gasteiger partial charge in [-0.25, -0.2) is 0 Å². The number of phenols is 2. The molecule has 0 aromatic heterocycles. The quantitative estimate of drug-likeness (QED) is 0.690. The molecule has 0 aliphatic rings. The van der Waals surface area contributed by atoms with Gasteiger partial charge in [0, 0.05) is 11.1 Å².